The Morgan fingerprint density at radius 1 is 0.875 bits per heavy atom. The summed E-state index contributed by atoms with van der Waals surface area (Å²) in [5.74, 6) is 0.641. The molecule has 1 saturated heterocycles. The number of likely N-dealkylation sites (N-methyl/N-ethyl adjacent to an activating group) is 2. The summed E-state index contributed by atoms with van der Waals surface area (Å²) < 4.78 is 4.99. The number of carbonyl (C=O) groups excluding carboxylic acids is 1. The molecule has 168 valence electrons. The number of benzene rings is 2. The van der Waals surface area contributed by atoms with Crippen LogP contribution in [0.3, 0.4) is 0 Å². The van der Waals surface area contributed by atoms with Crippen LogP contribution in [0.25, 0.3) is 0 Å². The number of hydrogen-bond donors (Lipinski definition) is 0. The predicted molar refractivity (Wildman–Crippen MR) is 127 cm³/mol. The van der Waals surface area contributed by atoms with Gasteiger partial charge < -0.3 is 4.74 Å². The third-order valence-electron chi connectivity index (χ3n) is 6.76. The van der Waals surface area contributed by atoms with Crippen molar-refractivity contribution in [1.82, 2.24) is 14.7 Å². The normalized spacial score (nSPS) is 24.8. The average molecular weight is 432 g/mol. The second-order valence-electron chi connectivity index (χ2n) is 9.03. The molecule has 4 rings (SSSR count). The Labute approximate surface area is 191 Å². The van der Waals surface area contributed by atoms with Crippen LogP contribution < -0.4 is 0 Å². The maximum Gasteiger partial charge on any atom is 0.417 e. The van der Waals surface area contributed by atoms with Crippen LogP contribution in [0.5, 0.6) is 0 Å². The molecule has 1 amide bonds. The number of ether oxygens (including phenoxy) is 1. The average Bonchev–Trinajstić information content (AvgIpc) is 3.08. The lowest BCUT2D eigenvalue weighted by Gasteiger charge is -2.37. The Hall–Kier alpha value is -2.89. The lowest BCUT2D eigenvalue weighted by Crippen LogP contribution is -2.42. The molecule has 0 N–H and O–H groups in total. The van der Waals surface area contributed by atoms with Crippen LogP contribution in [-0.4, -0.2) is 48.2 Å². The van der Waals surface area contributed by atoms with Gasteiger partial charge in [-0.2, -0.15) is 0 Å². The molecule has 3 atom stereocenters. The minimum absolute atomic E-state index is 0.0370. The van der Waals surface area contributed by atoms with Crippen molar-refractivity contribution < 1.29 is 9.53 Å². The van der Waals surface area contributed by atoms with Gasteiger partial charge in [0.1, 0.15) is 0 Å². The van der Waals surface area contributed by atoms with Crippen LogP contribution in [0.1, 0.15) is 37.1 Å². The van der Waals surface area contributed by atoms with Gasteiger partial charge >= 0.3 is 6.09 Å². The van der Waals surface area contributed by atoms with E-state index in [0.717, 1.165) is 0 Å². The molecule has 1 fully saturated rings. The van der Waals surface area contributed by atoms with E-state index in [-0.39, 0.29) is 30.3 Å². The molecular weight excluding hydrogens is 398 g/mol. The molecule has 2 aliphatic heterocycles. The fourth-order valence-electron chi connectivity index (χ4n) is 5.29. The molecule has 0 saturated carbocycles. The van der Waals surface area contributed by atoms with Gasteiger partial charge in [-0.1, -0.05) is 80.6 Å². The highest BCUT2D eigenvalue weighted by molar-refractivity contribution is 5.70. The molecule has 2 aromatic rings. The second-order valence-corrected chi connectivity index (χ2v) is 9.03. The van der Waals surface area contributed by atoms with Crippen LogP contribution >= 0.6 is 0 Å². The number of amides is 1. The van der Waals surface area contributed by atoms with Crippen molar-refractivity contribution in [1.29, 1.82) is 0 Å². The summed E-state index contributed by atoms with van der Waals surface area (Å²) in [7, 11) is 5.81. The number of hydrogen-bond acceptors (Lipinski definition) is 4. The van der Waals surface area contributed by atoms with Gasteiger partial charge in [-0.05, 0) is 36.7 Å². The highest BCUT2D eigenvalue weighted by Gasteiger charge is 2.47. The van der Waals surface area contributed by atoms with E-state index in [1.165, 1.54) is 23.8 Å². The Morgan fingerprint density at radius 2 is 1.38 bits per heavy atom. The molecule has 2 aliphatic rings. The van der Waals surface area contributed by atoms with Gasteiger partial charge in [0.25, 0.3) is 0 Å². The molecule has 0 aliphatic carbocycles. The summed E-state index contributed by atoms with van der Waals surface area (Å²) in [6.07, 6.45) is 5.60. The molecule has 32 heavy (non-hydrogen) atoms. The molecular formula is C27H33N3O2. The summed E-state index contributed by atoms with van der Waals surface area (Å²) >= 11 is 0. The van der Waals surface area contributed by atoms with Crippen LogP contribution in [0.15, 0.2) is 84.7 Å². The zero-order chi connectivity index (χ0) is 22.8. The monoisotopic (exact) mass is 431 g/mol. The minimum atomic E-state index is -0.372. The summed E-state index contributed by atoms with van der Waals surface area (Å²) in [5, 5.41) is 0. The van der Waals surface area contributed by atoms with E-state index in [0.29, 0.717) is 5.92 Å². The fourth-order valence-corrected chi connectivity index (χ4v) is 5.29. The van der Waals surface area contributed by atoms with Crippen molar-refractivity contribution in [3.63, 3.8) is 0 Å². The van der Waals surface area contributed by atoms with Crippen molar-refractivity contribution in [2.45, 2.75) is 32.1 Å². The quantitative estimate of drug-likeness (QED) is 0.647. The van der Waals surface area contributed by atoms with Gasteiger partial charge in [0.15, 0.2) is 0 Å². The van der Waals surface area contributed by atoms with Gasteiger partial charge in [-0.15, -0.1) is 0 Å². The van der Waals surface area contributed by atoms with Gasteiger partial charge in [-0.3, -0.25) is 14.7 Å². The molecule has 0 unspecified atom stereocenters. The molecule has 2 heterocycles. The topological polar surface area (TPSA) is 36.0 Å². The zero-order valence-electron chi connectivity index (χ0n) is 19.6. The first-order valence-electron chi connectivity index (χ1n) is 11.2. The standard InChI is InChI=1S/C27H33N3O2/c1-19(2)22-16-17-30(27(31)32-5)18-23(22)26-28(3)24(20-12-8-6-9-13-20)25(29(26)4)21-14-10-7-11-15-21/h6-19,22,24-26H,1-5H3/t22-,24+,25+/m1/s1. The molecule has 5 heteroatoms. The first-order chi connectivity index (χ1) is 15.4. The fraction of sp³-hybridized carbons (Fsp3) is 0.370. The Bertz CT molecular complexity index is 935. The van der Waals surface area contributed by atoms with Crippen LogP contribution in [-0.2, 0) is 4.74 Å². The SMILES string of the molecule is COC(=O)N1C=C[C@H](C(C)C)C(C2N(C)[C@@H](c3ccccc3)[C@H](c3ccccc3)N2C)=C1. The summed E-state index contributed by atoms with van der Waals surface area (Å²) in [5.41, 5.74) is 3.78. The number of methoxy groups -OCH3 is 1. The van der Waals surface area contributed by atoms with E-state index in [1.807, 2.05) is 12.4 Å². The van der Waals surface area contributed by atoms with E-state index in [2.05, 4.69) is 104 Å². The van der Waals surface area contributed by atoms with Crippen LogP contribution in [0, 0.1) is 11.8 Å². The van der Waals surface area contributed by atoms with Gasteiger partial charge in [0.05, 0.1) is 25.4 Å². The highest BCUT2D eigenvalue weighted by Crippen LogP contribution is 2.49. The number of nitrogens with zero attached hydrogens (tertiary/aromatic N) is 3. The largest absolute Gasteiger partial charge is 0.452 e. The minimum Gasteiger partial charge on any atom is -0.452 e. The van der Waals surface area contributed by atoms with Gasteiger partial charge in [0, 0.05) is 18.3 Å². The summed E-state index contributed by atoms with van der Waals surface area (Å²) in [6.45, 7) is 4.46. The Kier molecular flexibility index (Phi) is 6.49. The molecule has 5 nitrogen and oxygen atoms in total. The maximum absolute atomic E-state index is 12.3. The zero-order valence-corrected chi connectivity index (χ0v) is 19.6. The van der Waals surface area contributed by atoms with Gasteiger partial charge in [0.2, 0.25) is 0 Å². The number of carbonyl (C=O) groups is 1. The van der Waals surface area contributed by atoms with Crippen LogP contribution in [0.4, 0.5) is 4.79 Å². The van der Waals surface area contributed by atoms with E-state index < -0.39 is 0 Å². The molecule has 0 bridgehead atoms. The van der Waals surface area contributed by atoms with E-state index in [9.17, 15) is 4.79 Å². The first-order valence-corrected chi connectivity index (χ1v) is 11.2. The van der Waals surface area contributed by atoms with Crippen molar-refractivity contribution in [3.8, 4) is 0 Å². The summed E-state index contributed by atoms with van der Waals surface area (Å²) in [4.78, 5) is 18.8. The third-order valence-corrected chi connectivity index (χ3v) is 6.76. The summed E-state index contributed by atoms with van der Waals surface area (Å²) in [6, 6.07) is 21.8. The van der Waals surface area contributed by atoms with Crippen molar-refractivity contribution in [3.05, 3.63) is 95.8 Å². The predicted octanol–water partition coefficient (Wildman–Crippen LogP) is 5.42. The molecule has 0 radical (unpaired) electrons. The lowest BCUT2D eigenvalue weighted by molar-refractivity contribution is 0.146. The van der Waals surface area contributed by atoms with Crippen molar-refractivity contribution in [2.24, 2.45) is 11.8 Å². The third kappa shape index (κ3) is 3.98. The maximum atomic E-state index is 12.3. The Morgan fingerprint density at radius 3 is 1.81 bits per heavy atom. The van der Waals surface area contributed by atoms with Crippen LogP contribution in [0.2, 0.25) is 0 Å². The second kappa shape index (κ2) is 9.31. The Balaban J connectivity index is 1.81. The molecule has 0 aromatic heterocycles. The highest BCUT2D eigenvalue weighted by atomic mass is 16.5. The number of rotatable bonds is 4. The van der Waals surface area contributed by atoms with Crippen molar-refractivity contribution >= 4 is 6.09 Å². The van der Waals surface area contributed by atoms with Gasteiger partial charge in [-0.25, -0.2) is 4.79 Å². The number of allylic oxidation sites excluding steroid dienone is 1. The van der Waals surface area contributed by atoms with E-state index in [4.69, 9.17) is 4.74 Å². The molecule has 2 aromatic carbocycles. The molecule has 0 spiro atoms. The first kappa shape index (κ1) is 22.3. The van der Waals surface area contributed by atoms with Crippen molar-refractivity contribution in [2.75, 3.05) is 21.2 Å². The lowest BCUT2D eigenvalue weighted by atomic mass is 9.85. The van der Waals surface area contributed by atoms with E-state index >= 15 is 0 Å². The smallest absolute Gasteiger partial charge is 0.417 e. The van der Waals surface area contributed by atoms with E-state index in [1.54, 1.807) is 4.90 Å².